The quantitative estimate of drug-likeness (QED) is 0.547. The molecule has 0 radical (unpaired) electrons. The van der Waals surface area contributed by atoms with E-state index in [-0.39, 0.29) is 0 Å². The molecule has 1 aromatic rings. The second-order valence-corrected chi connectivity index (χ2v) is 3.02. The molecule has 1 aromatic carbocycles. The summed E-state index contributed by atoms with van der Waals surface area (Å²) in [6.45, 7) is 3.86. The molecule has 0 aromatic heterocycles. The average molecular weight is 148 g/mol. The van der Waals surface area contributed by atoms with Crippen molar-refractivity contribution in [3.05, 3.63) is 34.9 Å². The van der Waals surface area contributed by atoms with Crippen LogP contribution in [0.5, 0.6) is 0 Å². The van der Waals surface area contributed by atoms with Crippen LogP contribution in [-0.2, 0) is 17.8 Å². The number of benzene rings is 1. The first-order valence-electron chi connectivity index (χ1n) is 4.03. The molecule has 0 N–H and O–H groups in total. The summed E-state index contributed by atoms with van der Waals surface area (Å²) >= 11 is 0. The minimum atomic E-state index is 0.803. The summed E-state index contributed by atoms with van der Waals surface area (Å²) in [6, 6.07) is 6.43. The Bertz CT molecular complexity index is 266. The molecule has 0 fully saturated rings. The first kappa shape index (κ1) is 6.86. The molecule has 0 unspecified atom stereocenters. The van der Waals surface area contributed by atoms with Gasteiger partial charge in [-0.3, -0.25) is 0 Å². The van der Waals surface area contributed by atoms with Crippen molar-refractivity contribution in [2.24, 2.45) is 0 Å². The van der Waals surface area contributed by atoms with Crippen molar-refractivity contribution in [2.75, 3.05) is 6.61 Å². The third kappa shape index (κ3) is 1.16. The Kier molecular flexibility index (Phi) is 1.66. The Balaban J connectivity index is 2.49. The highest BCUT2D eigenvalue weighted by Crippen LogP contribution is 2.19. The van der Waals surface area contributed by atoms with Gasteiger partial charge in [0.15, 0.2) is 0 Å². The summed E-state index contributed by atoms with van der Waals surface area (Å²) in [5.41, 5.74) is 4.28. The molecule has 1 nitrogen and oxygen atoms in total. The Hall–Kier alpha value is -0.820. The normalized spacial score (nSPS) is 16.1. The molecule has 1 aliphatic rings. The molecule has 0 saturated heterocycles. The zero-order chi connectivity index (χ0) is 7.68. The van der Waals surface area contributed by atoms with Crippen LogP contribution < -0.4 is 0 Å². The lowest BCUT2D eigenvalue weighted by Gasteiger charge is -2.17. The molecule has 1 heteroatoms. The van der Waals surface area contributed by atoms with Gasteiger partial charge in [0.05, 0.1) is 13.2 Å². The van der Waals surface area contributed by atoms with Gasteiger partial charge in [-0.15, -0.1) is 0 Å². The molecule has 1 aliphatic heterocycles. The largest absolute Gasteiger partial charge is 0.376 e. The maximum absolute atomic E-state index is 5.35. The van der Waals surface area contributed by atoms with E-state index >= 15 is 0 Å². The van der Waals surface area contributed by atoms with E-state index in [1.54, 1.807) is 0 Å². The van der Waals surface area contributed by atoms with Crippen LogP contribution in [0.25, 0.3) is 0 Å². The highest BCUT2D eigenvalue weighted by Gasteiger charge is 2.09. The van der Waals surface area contributed by atoms with Crippen LogP contribution in [0.15, 0.2) is 18.2 Å². The van der Waals surface area contributed by atoms with E-state index in [4.69, 9.17) is 4.74 Å². The number of hydrogen-bond donors (Lipinski definition) is 0. The predicted octanol–water partition coefficient (Wildman–Crippen LogP) is 2.07. The van der Waals surface area contributed by atoms with Crippen molar-refractivity contribution < 1.29 is 4.74 Å². The highest BCUT2D eigenvalue weighted by atomic mass is 16.5. The van der Waals surface area contributed by atoms with E-state index in [1.165, 1.54) is 16.7 Å². The first-order valence-corrected chi connectivity index (χ1v) is 4.03. The molecule has 0 atom stereocenters. The van der Waals surface area contributed by atoms with E-state index in [9.17, 15) is 0 Å². The van der Waals surface area contributed by atoms with Crippen LogP contribution in [0, 0.1) is 6.92 Å². The fraction of sp³-hybridized carbons (Fsp3) is 0.400. The van der Waals surface area contributed by atoms with Gasteiger partial charge in [-0.25, -0.2) is 0 Å². The molecule has 0 spiro atoms. The summed E-state index contributed by atoms with van der Waals surface area (Å²) in [4.78, 5) is 0. The van der Waals surface area contributed by atoms with Crippen LogP contribution in [0.2, 0.25) is 0 Å². The van der Waals surface area contributed by atoms with Crippen molar-refractivity contribution in [3.8, 4) is 0 Å². The van der Waals surface area contributed by atoms with Gasteiger partial charge in [-0.05, 0) is 30.0 Å². The lowest BCUT2D eigenvalue weighted by molar-refractivity contribution is 0.110. The van der Waals surface area contributed by atoms with Crippen LogP contribution in [-0.4, -0.2) is 6.61 Å². The van der Waals surface area contributed by atoms with E-state index in [2.05, 4.69) is 25.1 Å². The van der Waals surface area contributed by atoms with Gasteiger partial charge in [0.2, 0.25) is 0 Å². The second kappa shape index (κ2) is 2.67. The predicted molar refractivity (Wildman–Crippen MR) is 44.5 cm³/mol. The van der Waals surface area contributed by atoms with Gasteiger partial charge in [0.25, 0.3) is 0 Å². The molecule has 0 aliphatic carbocycles. The number of fused-ring (bicyclic) bond motifs is 1. The average Bonchev–Trinajstić information content (AvgIpc) is 2.06. The summed E-state index contributed by atoms with van der Waals surface area (Å²) in [6.07, 6.45) is 1.09. The van der Waals surface area contributed by atoms with Crippen LogP contribution in [0.3, 0.4) is 0 Å². The molecule has 1 heterocycles. The fourth-order valence-corrected chi connectivity index (χ4v) is 1.61. The zero-order valence-corrected chi connectivity index (χ0v) is 6.76. The highest BCUT2D eigenvalue weighted by molar-refractivity contribution is 5.35. The van der Waals surface area contributed by atoms with Gasteiger partial charge in [0, 0.05) is 0 Å². The number of rotatable bonds is 0. The Morgan fingerprint density at radius 2 is 2.27 bits per heavy atom. The standard InChI is InChI=1S/C10H12O/c1-8-3-2-4-9-7-11-6-5-10(8)9/h2-4H,5-7H2,1H3. The third-order valence-corrected chi connectivity index (χ3v) is 2.26. The lowest BCUT2D eigenvalue weighted by atomic mass is 9.98. The van der Waals surface area contributed by atoms with Gasteiger partial charge in [-0.2, -0.15) is 0 Å². The SMILES string of the molecule is Cc1cccc2c1CCOC2. The summed E-state index contributed by atoms with van der Waals surface area (Å²) < 4.78 is 5.35. The second-order valence-electron chi connectivity index (χ2n) is 3.02. The Morgan fingerprint density at radius 3 is 3.09 bits per heavy atom. The third-order valence-electron chi connectivity index (χ3n) is 2.26. The smallest absolute Gasteiger partial charge is 0.0719 e. The van der Waals surface area contributed by atoms with Gasteiger partial charge >= 0.3 is 0 Å². The number of hydrogen-bond acceptors (Lipinski definition) is 1. The van der Waals surface area contributed by atoms with E-state index in [0.29, 0.717) is 0 Å². The Morgan fingerprint density at radius 1 is 1.36 bits per heavy atom. The number of aryl methyl sites for hydroxylation is 1. The fourth-order valence-electron chi connectivity index (χ4n) is 1.61. The molecular formula is C10H12O. The van der Waals surface area contributed by atoms with Crippen LogP contribution in [0.1, 0.15) is 16.7 Å². The van der Waals surface area contributed by atoms with Crippen LogP contribution in [0.4, 0.5) is 0 Å². The van der Waals surface area contributed by atoms with E-state index in [1.807, 2.05) is 0 Å². The van der Waals surface area contributed by atoms with Gasteiger partial charge in [-0.1, -0.05) is 18.2 Å². The van der Waals surface area contributed by atoms with Crippen molar-refractivity contribution >= 4 is 0 Å². The molecule has 0 saturated carbocycles. The summed E-state index contributed by atoms with van der Waals surface area (Å²) in [5, 5.41) is 0. The molecule has 0 amide bonds. The molecule has 58 valence electrons. The molecule has 2 rings (SSSR count). The molecular weight excluding hydrogens is 136 g/mol. The van der Waals surface area contributed by atoms with Crippen molar-refractivity contribution in [1.82, 2.24) is 0 Å². The van der Waals surface area contributed by atoms with Crippen molar-refractivity contribution in [3.63, 3.8) is 0 Å². The van der Waals surface area contributed by atoms with E-state index in [0.717, 1.165) is 19.6 Å². The number of ether oxygens (including phenoxy) is 1. The maximum atomic E-state index is 5.35. The van der Waals surface area contributed by atoms with E-state index < -0.39 is 0 Å². The van der Waals surface area contributed by atoms with Gasteiger partial charge in [0.1, 0.15) is 0 Å². The minimum Gasteiger partial charge on any atom is -0.376 e. The maximum Gasteiger partial charge on any atom is 0.0719 e. The molecule has 11 heavy (non-hydrogen) atoms. The first-order chi connectivity index (χ1) is 5.38. The summed E-state index contributed by atoms with van der Waals surface area (Å²) in [7, 11) is 0. The monoisotopic (exact) mass is 148 g/mol. The zero-order valence-electron chi connectivity index (χ0n) is 6.76. The Labute approximate surface area is 67.0 Å². The van der Waals surface area contributed by atoms with Crippen molar-refractivity contribution in [2.45, 2.75) is 20.0 Å². The van der Waals surface area contributed by atoms with Crippen molar-refractivity contribution in [1.29, 1.82) is 0 Å². The topological polar surface area (TPSA) is 9.23 Å². The molecule has 0 bridgehead atoms. The van der Waals surface area contributed by atoms with Crippen LogP contribution >= 0.6 is 0 Å². The summed E-state index contributed by atoms with van der Waals surface area (Å²) in [5.74, 6) is 0. The van der Waals surface area contributed by atoms with Gasteiger partial charge < -0.3 is 4.74 Å². The minimum absolute atomic E-state index is 0.803. The lowest BCUT2D eigenvalue weighted by Crippen LogP contribution is -2.10.